The van der Waals surface area contributed by atoms with Gasteiger partial charge in [0.25, 0.3) is 0 Å². The van der Waals surface area contributed by atoms with Gasteiger partial charge in [0.2, 0.25) is 5.91 Å². The van der Waals surface area contributed by atoms with Crippen LogP contribution in [0.25, 0.3) is 16.8 Å². The van der Waals surface area contributed by atoms with Crippen LogP contribution in [0, 0.1) is 12.8 Å². The van der Waals surface area contributed by atoms with E-state index >= 15 is 0 Å². The highest BCUT2D eigenvalue weighted by molar-refractivity contribution is 5.90. The molecule has 2 aliphatic rings. The SMILES string of the molecule is CCC(/C=C(\N=CN)c1cccc(-c2cc(NC(=O)NCCC3(OC)CC3)cnc2C)c1)NC(=O)C1CC1. The zero-order valence-electron chi connectivity index (χ0n) is 22.4. The lowest BCUT2D eigenvalue weighted by atomic mass is 9.99. The molecule has 0 saturated heterocycles. The number of aryl methyl sites for hydroxylation is 1. The number of carbonyl (C=O) groups is 2. The van der Waals surface area contributed by atoms with E-state index < -0.39 is 0 Å². The number of ether oxygens (including phenoxy) is 1. The molecule has 0 spiro atoms. The Morgan fingerprint density at radius 3 is 2.74 bits per heavy atom. The maximum Gasteiger partial charge on any atom is 0.319 e. The minimum Gasteiger partial charge on any atom is -0.390 e. The topological polar surface area (TPSA) is 131 Å². The van der Waals surface area contributed by atoms with Crippen molar-refractivity contribution < 1.29 is 14.3 Å². The average Bonchev–Trinajstić information content (AvgIpc) is 3.84. The summed E-state index contributed by atoms with van der Waals surface area (Å²) in [6.45, 7) is 4.51. The molecule has 0 bridgehead atoms. The van der Waals surface area contributed by atoms with E-state index in [9.17, 15) is 9.59 Å². The van der Waals surface area contributed by atoms with Crippen LogP contribution < -0.4 is 21.7 Å². The molecule has 3 amide bonds. The first kappa shape index (κ1) is 27.3. The number of hydrogen-bond acceptors (Lipinski definition) is 5. The fourth-order valence-corrected chi connectivity index (χ4v) is 4.41. The van der Waals surface area contributed by atoms with Gasteiger partial charge in [0.15, 0.2) is 0 Å². The summed E-state index contributed by atoms with van der Waals surface area (Å²) in [6.07, 6.45) is 10.4. The smallest absolute Gasteiger partial charge is 0.319 e. The van der Waals surface area contributed by atoms with Gasteiger partial charge >= 0.3 is 6.03 Å². The Morgan fingerprint density at radius 2 is 2.08 bits per heavy atom. The molecule has 1 unspecified atom stereocenters. The summed E-state index contributed by atoms with van der Waals surface area (Å²) in [5, 5.41) is 8.89. The van der Waals surface area contributed by atoms with Crippen LogP contribution in [0.4, 0.5) is 10.5 Å². The highest BCUT2D eigenvalue weighted by atomic mass is 16.5. The van der Waals surface area contributed by atoms with E-state index in [1.54, 1.807) is 13.3 Å². The Morgan fingerprint density at radius 1 is 1.29 bits per heavy atom. The average molecular weight is 519 g/mol. The number of nitrogens with zero attached hydrogens (tertiary/aromatic N) is 2. The molecule has 9 nitrogen and oxygen atoms in total. The number of benzene rings is 1. The predicted molar refractivity (Wildman–Crippen MR) is 151 cm³/mol. The van der Waals surface area contributed by atoms with Crippen molar-refractivity contribution in [1.82, 2.24) is 15.6 Å². The lowest BCUT2D eigenvalue weighted by Crippen LogP contribution is -2.34. The second-order valence-corrected chi connectivity index (χ2v) is 10.1. The number of aliphatic imine (C=N–C) groups is 1. The van der Waals surface area contributed by atoms with Crippen molar-refractivity contribution in [3.8, 4) is 11.1 Å². The monoisotopic (exact) mass is 518 g/mol. The molecule has 4 rings (SSSR count). The first-order chi connectivity index (χ1) is 18.4. The molecule has 1 aromatic carbocycles. The van der Waals surface area contributed by atoms with E-state index in [4.69, 9.17) is 10.5 Å². The summed E-state index contributed by atoms with van der Waals surface area (Å²) in [4.78, 5) is 33.7. The van der Waals surface area contributed by atoms with Crippen molar-refractivity contribution in [2.75, 3.05) is 19.0 Å². The number of amides is 3. The number of rotatable bonds is 12. The van der Waals surface area contributed by atoms with Crippen molar-refractivity contribution in [1.29, 1.82) is 0 Å². The molecule has 1 heterocycles. The van der Waals surface area contributed by atoms with Crippen molar-refractivity contribution in [3.63, 3.8) is 0 Å². The zero-order valence-corrected chi connectivity index (χ0v) is 22.4. The number of carbonyl (C=O) groups excluding carboxylic acids is 2. The third-order valence-electron chi connectivity index (χ3n) is 7.21. The summed E-state index contributed by atoms with van der Waals surface area (Å²) in [5.74, 6) is 0.236. The van der Waals surface area contributed by atoms with Gasteiger partial charge in [-0.15, -0.1) is 0 Å². The standard InChI is InChI=1S/C29H38N6O3/c1-4-23(34-27(36)20-8-9-20)16-26(33-18-30)22-7-5-6-21(14-22)25-15-24(17-32-19(25)2)35-28(37)31-13-12-29(38-3)10-11-29/h5-7,14-18,20,23H,4,8-13H2,1-3H3,(H2,30,33)(H,34,36)(H2,31,35,37)/b26-16-. The third-order valence-corrected chi connectivity index (χ3v) is 7.21. The van der Waals surface area contributed by atoms with Crippen LogP contribution in [0.1, 0.15) is 56.7 Å². The molecule has 2 aliphatic carbocycles. The Balaban J connectivity index is 1.49. The van der Waals surface area contributed by atoms with E-state index in [-0.39, 0.29) is 29.5 Å². The summed E-state index contributed by atoms with van der Waals surface area (Å²) in [5.41, 5.74) is 10.4. The number of methoxy groups -OCH3 is 1. The molecule has 5 N–H and O–H groups in total. The van der Waals surface area contributed by atoms with Gasteiger partial charge in [-0.3, -0.25) is 9.78 Å². The van der Waals surface area contributed by atoms with Gasteiger partial charge < -0.3 is 26.4 Å². The van der Waals surface area contributed by atoms with Crippen molar-refractivity contribution in [2.24, 2.45) is 16.6 Å². The number of urea groups is 1. The first-order valence-corrected chi connectivity index (χ1v) is 13.3. The second kappa shape index (κ2) is 12.2. The van der Waals surface area contributed by atoms with Gasteiger partial charge in [-0.25, -0.2) is 9.79 Å². The largest absolute Gasteiger partial charge is 0.390 e. The molecule has 202 valence electrons. The minimum absolute atomic E-state index is 0.0575. The van der Waals surface area contributed by atoms with Crippen LogP contribution in [0.2, 0.25) is 0 Å². The molecule has 1 atom stereocenters. The Bertz CT molecular complexity index is 1220. The van der Waals surface area contributed by atoms with Crippen molar-refractivity contribution in [3.05, 3.63) is 53.9 Å². The summed E-state index contributed by atoms with van der Waals surface area (Å²) >= 11 is 0. The lowest BCUT2D eigenvalue weighted by Gasteiger charge is -2.15. The normalized spacial score (nSPS) is 17.2. The fraction of sp³-hybridized carbons (Fsp3) is 0.448. The quantitative estimate of drug-likeness (QED) is 0.245. The van der Waals surface area contributed by atoms with Gasteiger partial charge in [-0.05, 0) is 69.2 Å². The van der Waals surface area contributed by atoms with Crippen LogP contribution in [0.3, 0.4) is 0 Å². The summed E-state index contributed by atoms with van der Waals surface area (Å²) in [7, 11) is 1.72. The van der Waals surface area contributed by atoms with Crippen LogP contribution in [0.5, 0.6) is 0 Å². The molecule has 0 radical (unpaired) electrons. The molecular formula is C29H38N6O3. The first-order valence-electron chi connectivity index (χ1n) is 13.3. The maximum atomic E-state index is 12.5. The molecule has 0 aliphatic heterocycles. The van der Waals surface area contributed by atoms with Crippen LogP contribution in [0.15, 0.2) is 47.6 Å². The Hall–Kier alpha value is -3.72. The maximum absolute atomic E-state index is 12.5. The molecule has 38 heavy (non-hydrogen) atoms. The van der Waals surface area contributed by atoms with E-state index in [1.165, 1.54) is 6.34 Å². The number of pyridine rings is 1. The van der Waals surface area contributed by atoms with Crippen LogP contribution >= 0.6 is 0 Å². The number of nitrogens with one attached hydrogen (secondary N) is 3. The molecule has 2 aromatic rings. The van der Waals surface area contributed by atoms with E-state index in [0.717, 1.165) is 60.9 Å². The molecular weight excluding hydrogens is 480 g/mol. The van der Waals surface area contributed by atoms with E-state index in [1.807, 2.05) is 50.3 Å². The van der Waals surface area contributed by atoms with Crippen molar-refractivity contribution >= 4 is 29.7 Å². The van der Waals surface area contributed by atoms with Gasteiger partial charge in [-0.1, -0.05) is 25.1 Å². The van der Waals surface area contributed by atoms with E-state index in [2.05, 4.69) is 25.9 Å². The number of anilines is 1. The number of aromatic nitrogens is 1. The number of nitrogens with two attached hydrogens (primary N) is 1. The van der Waals surface area contributed by atoms with E-state index in [0.29, 0.717) is 17.9 Å². The summed E-state index contributed by atoms with van der Waals surface area (Å²) in [6, 6.07) is 9.42. The highest BCUT2D eigenvalue weighted by Gasteiger charge is 2.42. The number of hydrogen-bond donors (Lipinski definition) is 4. The summed E-state index contributed by atoms with van der Waals surface area (Å²) < 4.78 is 5.50. The van der Waals surface area contributed by atoms with Gasteiger partial charge in [0, 0.05) is 42.4 Å². The van der Waals surface area contributed by atoms with Gasteiger partial charge in [0.05, 0.1) is 29.5 Å². The van der Waals surface area contributed by atoms with Crippen LogP contribution in [-0.2, 0) is 9.53 Å². The Labute approximate surface area is 224 Å². The lowest BCUT2D eigenvalue weighted by molar-refractivity contribution is -0.122. The Kier molecular flexibility index (Phi) is 8.78. The van der Waals surface area contributed by atoms with Gasteiger partial charge in [-0.2, -0.15) is 0 Å². The zero-order chi connectivity index (χ0) is 27.1. The van der Waals surface area contributed by atoms with Crippen LogP contribution in [-0.4, -0.2) is 48.6 Å². The second-order valence-electron chi connectivity index (χ2n) is 10.1. The minimum atomic E-state index is -0.274. The predicted octanol–water partition coefficient (Wildman–Crippen LogP) is 4.38. The molecule has 2 saturated carbocycles. The highest BCUT2D eigenvalue weighted by Crippen LogP contribution is 2.41. The fourth-order valence-electron chi connectivity index (χ4n) is 4.41. The van der Waals surface area contributed by atoms with Gasteiger partial charge in [0.1, 0.15) is 0 Å². The molecule has 1 aromatic heterocycles. The molecule has 9 heteroatoms. The van der Waals surface area contributed by atoms with Crippen molar-refractivity contribution in [2.45, 2.75) is 64.0 Å². The molecule has 2 fully saturated rings. The third kappa shape index (κ3) is 7.19.